The number of alkyl halides is 3. The van der Waals surface area contributed by atoms with Gasteiger partial charge in [0.05, 0.1) is 25.1 Å². The van der Waals surface area contributed by atoms with Gasteiger partial charge in [-0.05, 0) is 18.2 Å². The second kappa shape index (κ2) is 6.62. The summed E-state index contributed by atoms with van der Waals surface area (Å²) in [5.41, 5.74) is -0.551. The smallest absolute Gasteiger partial charge is 0.378 e. The molecule has 27 heavy (non-hydrogen) atoms. The summed E-state index contributed by atoms with van der Waals surface area (Å²) in [4.78, 5) is 22.4. The van der Waals surface area contributed by atoms with Gasteiger partial charge in [-0.25, -0.2) is 9.50 Å². The lowest BCUT2D eigenvalue weighted by atomic mass is 10.1. The number of hydrogen-bond donors (Lipinski definition) is 0. The maximum absolute atomic E-state index is 13.6. The van der Waals surface area contributed by atoms with Crippen molar-refractivity contribution in [3.05, 3.63) is 48.0 Å². The molecule has 1 aliphatic rings. The SMILES string of the molecule is O=C(c1cnn2c(C(F)(F)F)cc(-c3ccncc3)nc12)N1CCOCC1. The first-order valence-electron chi connectivity index (χ1n) is 8.18. The third kappa shape index (κ3) is 3.23. The van der Waals surface area contributed by atoms with Crippen molar-refractivity contribution in [1.82, 2.24) is 24.5 Å². The molecule has 0 aromatic carbocycles. The van der Waals surface area contributed by atoms with Crippen LogP contribution in [0.2, 0.25) is 0 Å². The molecule has 0 bridgehead atoms. The van der Waals surface area contributed by atoms with Gasteiger partial charge in [0.15, 0.2) is 11.3 Å². The molecule has 140 valence electrons. The van der Waals surface area contributed by atoms with Gasteiger partial charge in [0.2, 0.25) is 0 Å². The maximum Gasteiger partial charge on any atom is 0.433 e. The molecule has 4 heterocycles. The molecule has 0 saturated carbocycles. The van der Waals surface area contributed by atoms with Crippen LogP contribution < -0.4 is 0 Å². The molecule has 4 rings (SSSR count). The Kier molecular flexibility index (Phi) is 4.27. The second-order valence-electron chi connectivity index (χ2n) is 5.96. The van der Waals surface area contributed by atoms with Crippen molar-refractivity contribution in [3.8, 4) is 11.3 Å². The molecule has 0 atom stereocenters. The van der Waals surface area contributed by atoms with E-state index in [1.165, 1.54) is 17.3 Å². The van der Waals surface area contributed by atoms with E-state index in [0.29, 0.717) is 36.4 Å². The number of amides is 1. The number of carbonyl (C=O) groups is 1. The largest absolute Gasteiger partial charge is 0.433 e. The van der Waals surface area contributed by atoms with Crippen molar-refractivity contribution >= 4 is 11.6 Å². The topological polar surface area (TPSA) is 72.6 Å². The van der Waals surface area contributed by atoms with Crippen LogP contribution in [0.1, 0.15) is 16.1 Å². The van der Waals surface area contributed by atoms with Gasteiger partial charge in [-0.15, -0.1) is 0 Å². The van der Waals surface area contributed by atoms with Gasteiger partial charge >= 0.3 is 6.18 Å². The number of aromatic nitrogens is 4. The lowest BCUT2D eigenvalue weighted by Gasteiger charge is -2.26. The number of hydrogen-bond acceptors (Lipinski definition) is 5. The molecule has 0 aliphatic carbocycles. The summed E-state index contributed by atoms with van der Waals surface area (Å²) in [7, 11) is 0. The summed E-state index contributed by atoms with van der Waals surface area (Å²) in [6.07, 6.45) is -0.602. The molecule has 3 aromatic heterocycles. The fourth-order valence-electron chi connectivity index (χ4n) is 2.92. The number of fused-ring (bicyclic) bond motifs is 1. The van der Waals surface area contributed by atoms with E-state index in [9.17, 15) is 18.0 Å². The van der Waals surface area contributed by atoms with Crippen LogP contribution >= 0.6 is 0 Å². The average Bonchev–Trinajstić information content (AvgIpc) is 3.11. The summed E-state index contributed by atoms with van der Waals surface area (Å²) in [5, 5.41) is 3.78. The fraction of sp³-hybridized carbons (Fsp3) is 0.294. The lowest BCUT2D eigenvalue weighted by Crippen LogP contribution is -2.40. The number of rotatable bonds is 2. The monoisotopic (exact) mass is 377 g/mol. The maximum atomic E-state index is 13.6. The Morgan fingerprint density at radius 3 is 2.52 bits per heavy atom. The Bertz CT molecular complexity index is 981. The van der Waals surface area contributed by atoms with Crippen molar-refractivity contribution in [2.75, 3.05) is 26.3 Å². The van der Waals surface area contributed by atoms with Crippen molar-refractivity contribution in [2.45, 2.75) is 6.18 Å². The molecule has 10 heteroatoms. The van der Waals surface area contributed by atoms with Crippen LogP contribution in [-0.4, -0.2) is 56.7 Å². The quantitative estimate of drug-likeness (QED) is 0.685. The lowest BCUT2D eigenvalue weighted by molar-refractivity contribution is -0.142. The number of morpholine rings is 1. The molecule has 0 unspecified atom stereocenters. The third-order valence-electron chi connectivity index (χ3n) is 4.27. The molecule has 0 radical (unpaired) electrons. The Morgan fingerprint density at radius 2 is 1.85 bits per heavy atom. The van der Waals surface area contributed by atoms with E-state index in [2.05, 4.69) is 15.1 Å². The van der Waals surface area contributed by atoms with Gasteiger partial charge in [0.1, 0.15) is 5.56 Å². The summed E-state index contributed by atoms with van der Waals surface area (Å²) < 4.78 is 46.6. The number of halogens is 3. The average molecular weight is 377 g/mol. The van der Waals surface area contributed by atoms with Crippen LogP contribution in [-0.2, 0) is 10.9 Å². The third-order valence-corrected chi connectivity index (χ3v) is 4.27. The molecular formula is C17H14F3N5O2. The van der Waals surface area contributed by atoms with E-state index in [0.717, 1.165) is 12.3 Å². The van der Waals surface area contributed by atoms with Crippen molar-refractivity contribution < 1.29 is 22.7 Å². The van der Waals surface area contributed by atoms with Gasteiger partial charge in [-0.1, -0.05) is 0 Å². The Balaban J connectivity index is 1.88. The van der Waals surface area contributed by atoms with Gasteiger partial charge in [0, 0.05) is 31.0 Å². The minimum absolute atomic E-state index is 0.0262. The first kappa shape index (κ1) is 17.4. The van der Waals surface area contributed by atoms with Crippen LogP contribution in [0.3, 0.4) is 0 Å². The van der Waals surface area contributed by atoms with Crippen LogP contribution in [0.5, 0.6) is 0 Å². The summed E-state index contributed by atoms with van der Waals surface area (Å²) in [5.74, 6) is -0.416. The Hall–Kier alpha value is -3.01. The Labute approximate surface area is 151 Å². The van der Waals surface area contributed by atoms with E-state index in [1.807, 2.05) is 0 Å². The fourth-order valence-corrected chi connectivity index (χ4v) is 2.92. The van der Waals surface area contributed by atoms with E-state index >= 15 is 0 Å². The minimum atomic E-state index is -4.66. The first-order valence-corrected chi connectivity index (χ1v) is 8.18. The normalized spacial score (nSPS) is 15.3. The minimum Gasteiger partial charge on any atom is -0.378 e. The Morgan fingerprint density at radius 1 is 1.15 bits per heavy atom. The van der Waals surface area contributed by atoms with Gasteiger partial charge in [0.25, 0.3) is 5.91 Å². The van der Waals surface area contributed by atoms with Gasteiger partial charge in [-0.2, -0.15) is 18.3 Å². The van der Waals surface area contributed by atoms with E-state index in [-0.39, 0.29) is 16.9 Å². The molecule has 1 amide bonds. The number of ether oxygens (including phenoxy) is 1. The summed E-state index contributed by atoms with van der Waals surface area (Å²) in [6, 6.07) is 4.02. The van der Waals surface area contributed by atoms with E-state index in [1.54, 1.807) is 12.1 Å². The van der Waals surface area contributed by atoms with Gasteiger partial charge < -0.3 is 9.64 Å². The summed E-state index contributed by atoms with van der Waals surface area (Å²) >= 11 is 0. The second-order valence-corrected chi connectivity index (χ2v) is 5.96. The highest BCUT2D eigenvalue weighted by Gasteiger charge is 2.36. The highest BCUT2D eigenvalue weighted by molar-refractivity contribution is 6.00. The molecule has 3 aromatic rings. The standard InChI is InChI=1S/C17H14F3N5O2/c18-17(19,20)14-9-13(11-1-3-21-4-2-11)23-15-12(10-22-25(14)15)16(26)24-5-7-27-8-6-24/h1-4,9-10H,5-8H2. The highest BCUT2D eigenvalue weighted by atomic mass is 19.4. The molecular weight excluding hydrogens is 363 g/mol. The highest BCUT2D eigenvalue weighted by Crippen LogP contribution is 2.32. The van der Waals surface area contributed by atoms with Crippen molar-refractivity contribution in [2.24, 2.45) is 0 Å². The van der Waals surface area contributed by atoms with Crippen molar-refractivity contribution in [1.29, 1.82) is 0 Å². The predicted octanol–water partition coefficient (Wildman–Crippen LogP) is 2.28. The number of nitrogens with zero attached hydrogens (tertiary/aromatic N) is 5. The molecule has 1 saturated heterocycles. The summed E-state index contributed by atoms with van der Waals surface area (Å²) in [6.45, 7) is 1.50. The zero-order valence-corrected chi connectivity index (χ0v) is 14.0. The van der Waals surface area contributed by atoms with E-state index < -0.39 is 17.8 Å². The zero-order chi connectivity index (χ0) is 19.0. The van der Waals surface area contributed by atoms with Crippen molar-refractivity contribution in [3.63, 3.8) is 0 Å². The van der Waals surface area contributed by atoms with Crippen LogP contribution in [0.4, 0.5) is 13.2 Å². The molecule has 0 spiro atoms. The molecule has 7 nitrogen and oxygen atoms in total. The molecule has 0 N–H and O–H groups in total. The first-order chi connectivity index (χ1) is 12.9. The van der Waals surface area contributed by atoms with Gasteiger partial charge in [-0.3, -0.25) is 9.78 Å². The molecule has 1 aliphatic heterocycles. The van der Waals surface area contributed by atoms with Crippen LogP contribution in [0, 0.1) is 0 Å². The zero-order valence-electron chi connectivity index (χ0n) is 14.0. The van der Waals surface area contributed by atoms with Crippen LogP contribution in [0.25, 0.3) is 16.9 Å². The molecule has 1 fully saturated rings. The predicted molar refractivity (Wildman–Crippen MR) is 87.9 cm³/mol. The number of carbonyl (C=O) groups excluding carboxylic acids is 1. The van der Waals surface area contributed by atoms with E-state index in [4.69, 9.17) is 4.74 Å². The van der Waals surface area contributed by atoms with Crippen LogP contribution in [0.15, 0.2) is 36.8 Å². The number of pyridine rings is 1.